The number of aromatic amines is 1. The summed E-state index contributed by atoms with van der Waals surface area (Å²) in [5, 5.41) is 11.1. The number of ether oxygens (including phenoxy) is 1. The second kappa shape index (κ2) is 7.67. The van der Waals surface area contributed by atoms with Gasteiger partial charge in [0, 0.05) is 36.3 Å². The van der Waals surface area contributed by atoms with Crippen molar-refractivity contribution < 1.29 is 9.13 Å². The van der Waals surface area contributed by atoms with Crippen LogP contribution >= 0.6 is 11.3 Å². The fourth-order valence-corrected chi connectivity index (χ4v) is 4.27. The van der Waals surface area contributed by atoms with Gasteiger partial charge >= 0.3 is 0 Å². The minimum Gasteiger partial charge on any atom is -0.481 e. The number of hydrogen-bond acceptors (Lipinski definition) is 9. The Morgan fingerprint density at radius 1 is 1.27 bits per heavy atom. The van der Waals surface area contributed by atoms with Crippen LogP contribution in [0.2, 0.25) is 0 Å². The Morgan fingerprint density at radius 3 is 3.07 bits per heavy atom. The van der Waals surface area contributed by atoms with Gasteiger partial charge in [0.15, 0.2) is 5.13 Å². The molecule has 11 heteroatoms. The highest BCUT2D eigenvalue weighted by Crippen LogP contribution is 2.39. The molecule has 1 aliphatic rings. The van der Waals surface area contributed by atoms with E-state index in [1.807, 2.05) is 4.90 Å². The lowest BCUT2D eigenvalue weighted by Gasteiger charge is -2.21. The van der Waals surface area contributed by atoms with Crippen LogP contribution in [0.15, 0.2) is 36.8 Å². The predicted molar refractivity (Wildman–Crippen MR) is 111 cm³/mol. The number of rotatable bonds is 5. The summed E-state index contributed by atoms with van der Waals surface area (Å²) >= 11 is 1.53. The van der Waals surface area contributed by atoms with Gasteiger partial charge in [0.05, 0.1) is 36.8 Å². The molecular weight excluding hydrogens is 407 g/mol. The molecule has 0 saturated carbocycles. The first kappa shape index (κ1) is 18.4. The minimum absolute atomic E-state index is 0.319. The molecule has 4 aromatic rings. The summed E-state index contributed by atoms with van der Waals surface area (Å²) in [6.07, 6.45) is 5.72. The lowest BCUT2D eigenvalue weighted by Crippen LogP contribution is -2.26. The van der Waals surface area contributed by atoms with Gasteiger partial charge in [-0.25, -0.2) is 14.4 Å². The van der Waals surface area contributed by atoms with Gasteiger partial charge in [-0.15, -0.1) is 11.3 Å². The van der Waals surface area contributed by atoms with Crippen LogP contribution in [0.25, 0.3) is 11.3 Å². The van der Waals surface area contributed by atoms with E-state index in [2.05, 4.69) is 30.5 Å². The fraction of sp³-hybridized carbons (Fsp3) is 0.211. The van der Waals surface area contributed by atoms with E-state index in [9.17, 15) is 4.39 Å². The number of pyridine rings is 1. The van der Waals surface area contributed by atoms with Gasteiger partial charge in [-0.2, -0.15) is 10.1 Å². The minimum atomic E-state index is -0.319. The van der Waals surface area contributed by atoms with Crippen LogP contribution in [0.3, 0.4) is 0 Å². The van der Waals surface area contributed by atoms with Crippen molar-refractivity contribution in [3.63, 3.8) is 0 Å². The van der Waals surface area contributed by atoms with Crippen molar-refractivity contribution in [2.75, 3.05) is 23.9 Å². The fourth-order valence-electron chi connectivity index (χ4n) is 3.31. The van der Waals surface area contributed by atoms with E-state index in [1.165, 1.54) is 17.4 Å². The Labute approximate surface area is 175 Å². The third-order valence-electron chi connectivity index (χ3n) is 4.73. The summed E-state index contributed by atoms with van der Waals surface area (Å²) in [5.74, 6) is 1.37. The van der Waals surface area contributed by atoms with Gasteiger partial charge in [-0.05, 0) is 12.1 Å². The second-order valence-electron chi connectivity index (χ2n) is 6.57. The third kappa shape index (κ3) is 3.43. The average molecular weight is 424 g/mol. The molecule has 0 spiro atoms. The van der Waals surface area contributed by atoms with Crippen LogP contribution in [0.1, 0.15) is 10.6 Å². The normalized spacial score (nSPS) is 12.8. The van der Waals surface area contributed by atoms with Gasteiger partial charge in [0.25, 0.3) is 0 Å². The molecular formula is C19H17FN8OS. The molecule has 0 aliphatic carbocycles. The average Bonchev–Trinajstić information content (AvgIpc) is 3.37. The first-order chi connectivity index (χ1) is 14.7. The zero-order valence-electron chi connectivity index (χ0n) is 16.0. The van der Waals surface area contributed by atoms with Crippen molar-refractivity contribution in [3.05, 3.63) is 53.2 Å². The molecule has 0 amide bonds. The van der Waals surface area contributed by atoms with Crippen LogP contribution < -0.4 is 15.0 Å². The largest absolute Gasteiger partial charge is 0.481 e. The molecule has 152 valence electrons. The molecule has 4 aromatic heterocycles. The Kier molecular flexibility index (Phi) is 4.71. The lowest BCUT2D eigenvalue weighted by molar-refractivity contribution is 0.397. The Balaban J connectivity index is 1.43. The number of fused-ring (bicyclic) bond motifs is 3. The molecule has 0 aromatic carbocycles. The van der Waals surface area contributed by atoms with E-state index >= 15 is 0 Å². The summed E-state index contributed by atoms with van der Waals surface area (Å²) in [6, 6.07) is 4.69. The Morgan fingerprint density at radius 2 is 2.20 bits per heavy atom. The molecule has 5 heterocycles. The van der Waals surface area contributed by atoms with Gasteiger partial charge in [0.1, 0.15) is 11.6 Å². The van der Waals surface area contributed by atoms with Crippen molar-refractivity contribution in [2.45, 2.75) is 13.0 Å². The Hall–Kier alpha value is -3.60. The molecule has 0 saturated heterocycles. The molecule has 0 radical (unpaired) electrons. The van der Waals surface area contributed by atoms with Gasteiger partial charge in [-0.3, -0.25) is 15.4 Å². The monoisotopic (exact) mass is 424 g/mol. The zero-order valence-corrected chi connectivity index (χ0v) is 16.8. The van der Waals surface area contributed by atoms with E-state index in [-0.39, 0.29) is 5.82 Å². The van der Waals surface area contributed by atoms with E-state index in [0.717, 1.165) is 28.4 Å². The molecule has 2 N–H and O–H groups in total. The van der Waals surface area contributed by atoms with Crippen molar-refractivity contribution in [2.24, 2.45) is 0 Å². The highest BCUT2D eigenvalue weighted by Gasteiger charge is 2.26. The predicted octanol–water partition coefficient (Wildman–Crippen LogP) is 3.17. The maximum atomic E-state index is 14.1. The number of halogens is 1. The standard InChI is InChI=1S/C19H17FN8OS/c1-29-15-4-7-22-18(24-15)26-19-25-16-11-9-23-27-17(11)28(8-5-14(16)30-19)10-13-12(20)3-2-6-21-13/h2-4,6-7,9H,5,8,10H2,1H3,(H,23,27)(H,22,24,25,26). The van der Waals surface area contributed by atoms with Crippen molar-refractivity contribution in [1.29, 1.82) is 0 Å². The molecule has 0 fully saturated rings. The van der Waals surface area contributed by atoms with E-state index < -0.39 is 0 Å². The van der Waals surface area contributed by atoms with Crippen molar-refractivity contribution in [3.8, 4) is 17.1 Å². The first-order valence-electron chi connectivity index (χ1n) is 9.23. The number of nitrogens with one attached hydrogen (secondary N) is 2. The molecule has 0 bridgehead atoms. The summed E-state index contributed by atoms with van der Waals surface area (Å²) in [5.41, 5.74) is 2.11. The van der Waals surface area contributed by atoms with Crippen LogP contribution in [0.4, 0.5) is 21.3 Å². The molecule has 30 heavy (non-hydrogen) atoms. The van der Waals surface area contributed by atoms with Gasteiger partial charge in [0.2, 0.25) is 11.8 Å². The summed E-state index contributed by atoms with van der Waals surface area (Å²) in [6.45, 7) is 1.02. The summed E-state index contributed by atoms with van der Waals surface area (Å²) in [7, 11) is 1.56. The number of hydrogen-bond donors (Lipinski definition) is 2. The molecule has 1 aliphatic heterocycles. The number of H-pyrrole nitrogens is 1. The molecule has 9 nitrogen and oxygen atoms in total. The SMILES string of the molecule is COc1ccnc(Nc2nc3c(s2)CCN(Cc2ncccc2F)c2[nH]ncc2-3)n1. The van der Waals surface area contributed by atoms with E-state index in [1.54, 1.807) is 37.8 Å². The van der Waals surface area contributed by atoms with Gasteiger partial charge in [-0.1, -0.05) is 0 Å². The maximum absolute atomic E-state index is 14.1. The molecule has 5 rings (SSSR count). The van der Waals surface area contributed by atoms with Gasteiger partial charge < -0.3 is 9.64 Å². The number of nitrogens with zero attached hydrogens (tertiary/aromatic N) is 6. The lowest BCUT2D eigenvalue weighted by atomic mass is 10.2. The van der Waals surface area contributed by atoms with Crippen molar-refractivity contribution in [1.82, 2.24) is 30.1 Å². The third-order valence-corrected chi connectivity index (χ3v) is 5.76. The molecule has 0 atom stereocenters. The number of anilines is 3. The van der Waals surface area contributed by atoms with Crippen LogP contribution in [0.5, 0.6) is 5.88 Å². The zero-order chi connectivity index (χ0) is 20.5. The maximum Gasteiger partial charge on any atom is 0.232 e. The quantitative estimate of drug-likeness (QED) is 0.503. The Bertz CT molecular complexity index is 1190. The van der Waals surface area contributed by atoms with Crippen LogP contribution in [-0.2, 0) is 13.0 Å². The van der Waals surface area contributed by atoms with Crippen LogP contribution in [-0.4, -0.2) is 43.8 Å². The molecule has 0 unspecified atom stereocenters. The van der Waals surface area contributed by atoms with E-state index in [4.69, 9.17) is 9.72 Å². The summed E-state index contributed by atoms with van der Waals surface area (Å²) in [4.78, 5) is 20.5. The number of methoxy groups -OCH3 is 1. The first-order valence-corrected chi connectivity index (χ1v) is 10.0. The number of aromatic nitrogens is 6. The van der Waals surface area contributed by atoms with Crippen LogP contribution in [0, 0.1) is 5.82 Å². The van der Waals surface area contributed by atoms with E-state index in [0.29, 0.717) is 35.7 Å². The number of thiazole rings is 1. The summed E-state index contributed by atoms with van der Waals surface area (Å²) < 4.78 is 19.2. The highest BCUT2D eigenvalue weighted by molar-refractivity contribution is 7.16. The van der Waals surface area contributed by atoms with Crippen molar-refractivity contribution >= 4 is 28.2 Å². The topological polar surface area (TPSA) is 105 Å². The second-order valence-corrected chi connectivity index (χ2v) is 7.66. The highest BCUT2D eigenvalue weighted by atomic mass is 32.1. The smallest absolute Gasteiger partial charge is 0.232 e.